The van der Waals surface area contributed by atoms with E-state index in [-0.39, 0.29) is 6.03 Å². The quantitative estimate of drug-likeness (QED) is 0.691. The number of H-pyrrole nitrogens is 1. The number of rotatable bonds is 3. The number of anilines is 1. The van der Waals surface area contributed by atoms with Crippen LogP contribution in [0.4, 0.5) is 9.93 Å². The number of hydrogen-bond donors (Lipinski definition) is 3. The maximum atomic E-state index is 12.0. The van der Waals surface area contributed by atoms with E-state index >= 15 is 0 Å². The number of fused-ring (bicyclic) bond motifs is 2. The number of aromatic amines is 1. The Balaban J connectivity index is 1.37. The molecule has 0 spiro atoms. The Kier molecular flexibility index (Phi) is 3.70. The van der Waals surface area contributed by atoms with E-state index in [2.05, 4.69) is 25.6 Å². The molecule has 3 N–H and O–H groups in total. The lowest BCUT2D eigenvalue weighted by Crippen LogP contribution is -2.28. The molecule has 0 atom stereocenters. The molecule has 1 aliphatic rings. The molecule has 7 heteroatoms. The van der Waals surface area contributed by atoms with Crippen LogP contribution in [0, 0.1) is 0 Å². The lowest BCUT2D eigenvalue weighted by Gasteiger charge is -2.06. The van der Waals surface area contributed by atoms with Crippen LogP contribution in [0.3, 0.4) is 0 Å². The number of amides is 2. The minimum Gasteiger partial charge on any atom is -0.346 e. The summed E-state index contributed by atoms with van der Waals surface area (Å²) in [5.74, 6) is 0. The van der Waals surface area contributed by atoms with Gasteiger partial charge in [0.1, 0.15) is 5.65 Å². The zero-order chi connectivity index (χ0) is 15.6. The monoisotopic (exact) mass is 327 g/mol. The summed E-state index contributed by atoms with van der Waals surface area (Å²) in [5.41, 5.74) is 2.79. The fourth-order valence-electron chi connectivity index (χ4n) is 2.79. The zero-order valence-electron chi connectivity index (χ0n) is 12.6. The predicted molar refractivity (Wildman–Crippen MR) is 90.7 cm³/mol. The highest BCUT2D eigenvalue weighted by atomic mass is 32.1. The number of nitrogens with zero attached hydrogens (tertiary/aromatic N) is 2. The van der Waals surface area contributed by atoms with E-state index in [1.165, 1.54) is 17.7 Å². The summed E-state index contributed by atoms with van der Waals surface area (Å²) in [7, 11) is 0. The van der Waals surface area contributed by atoms with Gasteiger partial charge in [-0.05, 0) is 43.9 Å². The summed E-state index contributed by atoms with van der Waals surface area (Å²) in [6.45, 7) is 0.381. The first kappa shape index (κ1) is 14.2. The molecule has 0 aromatic carbocycles. The van der Waals surface area contributed by atoms with Gasteiger partial charge in [-0.25, -0.2) is 14.8 Å². The second-order valence-corrected chi connectivity index (χ2v) is 6.71. The van der Waals surface area contributed by atoms with Crippen molar-refractivity contribution in [3.8, 4) is 0 Å². The predicted octanol–water partition coefficient (Wildman–Crippen LogP) is 3.22. The van der Waals surface area contributed by atoms with E-state index in [9.17, 15) is 4.79 Å². The van der Waals surface area contributed by atoms with Gasteiger partial charge < -0.3 is 10.3 Å². The molecule has 23 heavy (non-hydrogen) atoms. The van der Waals surface area contributed by atoms with Crippen molar-refractivity contribution in [1.82, 2.24) is 20.3 Å². The molecule has 4 rings (SSSR count). The normalized spacial score (nSPS) is 13.7. The summed E-state index contributed by atoms with van der Waals surface area (Å²) in [6.07, 6.45) is 6.36. The van der Waals surface area contributed by atoms with Crippen molar-refractivity contribution in [3.63, 3.8) is 0 Å². The number of aromatic nitrogens is 3. The molecular formula is C16H17N5OS. The van der Waals surface area contributed by atoms with Crippen molar-refractivity contribution in [1.29, 1.82) is 0 Å². The third-order valence-electron chi connectivity index (χ3n) is 3.96. The minimum absolute atomic E-state index is 0.246. The Morgan fingerprint density at radius 1 is 1.22 bits per heavy atom. The zero-order valence-corrected chi connectivity index (χ0v) is 13.4. The maximum absolute atomic E-state index is 12.0. The third kappa shape index (κ3) is 3.05. The van der Waals surface area contributed by atoms with Gasteiger partial charge in [-0.3, -0.25) is 5.32 Å². The van der Waals surface area contributed by atoms with E-state index in [4.69, 9.17) is 0 Å². The van der Waals surface area contributed by atoms with Gasteiger partial charge in [0.2, 0.25) is 0 Å². The molecule has 3 aromatic rings. The molecule has 0 saturated heterocycles. The summed E-state index contributed by atoms with van der Waals surface area (Å²) in [5, 5.41) is 7.39. The molecule has 1 aliphatic carbocycles. The Hall–Kier alpha value is -2.41. The molecule has 0 bridgehead atoms. The van der Waals surface area contributed by atoms with Crippen LogP contribution < -0.4 is 10.6 Å². The fourth-order valence-corrected chi connectivity index (χ4v) is 3.83. The molecule has 3 heterocycles. The van der Waals surface area contributed by atoms with Crippen LogP contribution in [0.5, 0.6) is 0 Å². The van der Waals surface area contributed by atoms with Crippen LogP contribution in [-0.4, -0.2) is 21.0 Å². The number of hydrogen-bond acceptors (Lipinski definition) is 4. The number of nitrogens with one attached hydrogen (secondary N) is 3. The highest BCUT2D eigenvalue weighted by molar-refractivity contribution is 7.15. The number of thiazole rings is 1. The van der Waals surface area contributed by atoms with E-state index < -0.39 is 0 Å². The van der Waals surface area contributed by atoms with Crippen molar-refractivity contribution >= 4 is 33.5 Å². The van der Waals surface area contributed by atoms with Crippen LogP contribution in [0.15, 0.2) is 24.4 Å². The molecular weight excluding hydrogens is 310 g/mol. The highest BCUT2D eigenvalue weighted by Gasteiger charge is 2.16. The van der Waals surface area contributed by atoms with Gasteiger partial charge in [-0.15, -0.1) is 11.3 Å². The molecule has 0 fully saturated rings. The minimum atomic E-state index is -0.246. The first-order chi connectivity index (χ1) is 11.3. The molecule has 118 valence electrons. The van der Waals surface area contributed by atoms with E-state index in [0.29, 0.717) is 11.7 Å². The number of urea groups is 1. The first-order valence-electron chi connectivity index (χ1n) is 7.74. The Bertz CT molecular complexity index is 830. The Morgan fingerprint density at radius 3 is 3.04 bits per heavy atom. The van der Waals surface area contributed by atoms with Crippen molar-refractivity contribution in [2.75, 3.05) is 5.32 Å². The number of pyridine rings is 1. The van der Waals surface area contributed by atoms with Crippen LogP contribution in [-0.2, 0) is 19.4 Å². The molecule has 2 amide bonds. The molecule has 0 aliphatic heterocycles. The van der Waals surface area contributed by atoms with Crippen LogP contribution in [0.1, 0.15) is 29.1 Å². The topological polar surface area (TPSA) is 82.7 Å². The Labute approximate surface area is 137 Å². The SMILES string of the molecule is O=C(NCc1ccc2cc[nH]c2n1)Nc1nc2c(s1)CCCC2. The average Bonchev–Trinajstić information content (AvgIpc) is 3.18. The van der Waals surface area contributed by atoms with E-state index in [1.807, 2.05) is 24.4 Å². The van der Waals surface area contributed by atoms with E-state index in [1.54, 1.807) is 11.3 Å². The Morgan fingerprint density at radius 2 is 2.13 bits per heavy atom. The van der Waals surface area contributed by atoms with Crippen LogP contribution >= 0.6 is 11.3 Å². The van der Waals surface area contributed by atoms with Gasteiger partial charge in [0, 0.05) is 16.5 Å². The second-order valence-electron chi connectivity index (χ2n) is 5.62. The third-order valence-corrected chi connectivity index (χ3v) is 5.04. The number of carbonyl (C=O) groups is 1. The van der Waals surface area contributed by atoms with Gasteiger partial charge >= 0.3 is 6.03 Å². The van der Waals surface area contributed by atoms with Crippen LogP contribution in [0.25, 0.3) is 11.0 Å². The molecule has 3 aromatic heterocycles. The van der Waals surface area contributed by atoms with Gasteiger partial charge in [0.25, 0.3) is 0 Å². The number of carbonyl (C=O) groups excluding carboxylic acids is 1. The molecule has 0 radical (unpaired) electrons. The highest BCUT2D eigenvalue weighted by Crippen LogP contribution is 2.29. The van der Waals surface area contributed by atoms with Crippen molar-refractivity contribution < 1.29 is 4.79 Å². The first-order valence-corrected chi connectivity index (χ1v) is 8.56. The van der Waals surface area contributed by atoms with Crippen LogP contribution in [0.2, 0.25) is 0 Å². The molecule has 6 nitrogen and oxygen atoms in total. The summed E-state index contributed by atoms with van der Waals surface area (Å²) >= 11 is 1.58. The molecule has 0 unspecified atom stereocenters. The lowest BCUT2D eigenvalue weighted by molar-refractivity contribution is 0.251. The van der Waals surface area contributed by atoms with Gasteiger partial charge in [0.15, 0.2) is 5.13 Å². The maximum Gasteiger partial charge on any atom is 0.321 e. The van der Waals surface area contributed by atoms with Gasteiger partial charge in [-0.2, -0.15) is 0 Å². The van der Waals surface area contributed by atoms with E-state index in [0.717, 1.165) is 35.3 Å². The summed E-state index contributed by atoms with van der Waals surface area (Å²) in [4.78, 5) is 25.4. The smallest absolute Gasteiger partial charge is 0.321 e. The van der Waals surface area contributed by atoms with Gasteiger partial charge in [0.05, 0.1) is 17.9 Å². The standard InChI is InChI=1S/C16H17N5OS/c22-15(21-16-20-12-3-1-2-4-13(12)23-16)18-9-11-6-5-10-7-8-17-14(10)19-11/h5-8H,1-4,9H2,(H,17,19)(H2,18,20,21,22). The second kappa shape index (κ2) is 6.00. The van der Waals surface area contributed by atoms with Crippen molar-refractivity contribution in [2.24, 2.45) is 0 Å². The summed E-state index contributed by atoms with van der Waals surface area (Å²) in [6, 6.07) is 5.63. The lowest BCUT2D eigenvalue weighted by atomic mass is 10.0. The average molecular weight is 327 g/mol. The summed E-state index contributed by atoms with van der Waals surface area (Å²) < 4.78 is 0. The fraction of sp³-hybridized carbons (Fsp3) is 0.312. The molecule has 0 saturated carbocycles. The largest absolute Gasteiger partial charge is 0.346 e. The van der Waals surface area contributed by atoms with Gasteiger partial charge in [-0.1, -0.05) is 0 Å². The number of aryl methyl sites for hydroxylation is 2. The van der Waals surface area contributed by atoms with Crippen molar-refractivity contribution in [2.45, 2.75) is 32.2 Å². The van der Waals surface area contributed by atoms with Crippen molar-refractivity contribution in [3.05, 3.63) is 40.7 Å².